The fraction of sp³-hybridized carbons (Fsp3) is 0.292. The number of aromatic carboxylic acids is 1. The lowest BCUT2D eigenvalue weighted by molar-refractivity contribution is -0.140. The molecule has 0 radical (unpaired) electrons. The molecule has 0 atom stereocenters. The van der Waals surface area contributed by atoms with E-state index in [-0.39, 0.29) is 5.56 Å². The molecule has 1 N–H and O–H groups in total. The van der Waals surface area contributed by atoms with Crippen molar-refractivity contribution in [1.82, 2.24) is 0 Å². The fourth-order valence-corrected chi connectivity index (χ4v) is 4.36. The van der Waals surface area contributed by atoms with Crippen LogP contribution in [0.5, 0.6) is 5.75 Å². The van der Waals surface area contributed by atoms with Gasteiger partial charge >= 0.3 is 12.1 Å². The molecule has 156 valence electrons. The maximum atomic E-state index is 13.7. The molecule has 0 unspecified atom stereocenters. The Morgan fingerprint density at radius 3 is 2.33 bits per heavy atom. The van der Waals surface area contributed by atoms with Gasteiger partial charge in [0.25, 0.3) is 0 Å². The number of hydrogen-bond acceptors (Lipinski definition) is 2. The number of ether oxygens (including phenoxy) is 1. The monoisotopic (exact) mass is 414 g/mol. The number of carboxylic acid groups (broad SMARTS) is 1. The summed E-state index contributed by atoms with van der Waals surface area (Å²) in [6, 6.07) is 16.2. The zero-order chi connectivity index (χ0) is 21.4. The predicted molar refractivity (Wildman–Crippen MR) is 108 cm³/mol. The molecule has 0 saturated heterocycles. The number of carbonyl (C=O) groups is 1. The molecule has 1 aliphatic carbocycles. The summed E-state index contributed by atoms with van der Waals surface area (Å²) >= 11 is 0. The Labute approximate surface area is 172 Å². The minimum atomic E-state index is -4.65. The number of alkyl halides is 3. The topological polar surface area (TPSA) is 46.5 Å². The molecule has 3 nitrogen and oxygen atoms in total. The Bertz CT molecular complexity index is 1080. The van der Waals surface area contributed by atoms with E-state index in [0.29, 0.717) is 12.8 Å². The first-order valence-electron chi connectivity index (χ1n) is 9.92. The molecule has 4 rings (SSSR count). The molecule has 3 aromatic rings. The minimum Gasteiger partial charge on any atom is -0.482 e. The third-order valence-corrected chi connectivity index (χ3v) is 5.78. The summed E-state index contributed by atoms with van der Waals surface area (Å²) in [4.78, 5) is 11.4. The van der Waals surface area contributed by atoms with Gasteiger partial charge in [-0.15, -0.1) is 0 Å². The van der Waals surface area contributed by atoms with Crippen LogP contribution >= 0.6 is 0 Å². The van der Waals surface area contributed by atoms with Crippen LogP contribution < -0.4 is 4.74 Å². The van der Waals surface area contributed by atoms with Gasteiger partial charge in [-0.05, 0) is 54.7 Å². The Hall–Kier alpha value is -3.02. The second-order valence-electron chi connectivity index (χ2n) is 7.70. The summed E-state index contributed by atoms with van der Waals surface area (Å²) in [6.07, 6.45) is -0.893. The SMILES string of the molecule is O=C(O)c1ccc(C(F)(F)F)c(OC2(c3cccc4ccccc34)CCCCC2)c1. The molecule has 0 heterocycles. The van der Waals surface area contributed by atoms with Crippen LogP contribution in [0.3, 0.4) is 0 Å². The van der Waals surface area contributed by atoms with Crippen molar-refractivity contribution in [2.45, 2.75) is 43.9 Å². The molecule has 30 heavy (non-hydrogen) atoms. The van der Waals surface area contributed by atoms with E-state index < -0.39 is 29.1 Å². The second-order valence-corrected chi connectivity index (χ2v) is 7.70. The molecule has 0 aliphatic heterocycles. The van der Waals surface area contributed by atoms with Gasteiger partial charge in [0.05, 0.1) is 11.1 Å². The molecular weight excluding hydrogens is 393 g/mol. The number of rotatable bonds is 4. The van der Waals surface area contributed by atoms with Gasteiger partial charge in [-0.2, -0.15) is 13.2 Å². The standard InChI is InChI=1S/C24H21F3O3/c25-24(26,27)20-12-11-17(22(28)29)15-21(20)30-23(13-4-1-5-14-23)19-10-6-8-16-7-2-3-9-18(16)19/h2-3,6-12,15H,1,4-5,13-14H2,(H,28,29). The number of benzene rings is 3. The van der Waals surface area contributed by atoms with E-state index in [0.717, 1.165) is 53.8 Å². The van der Waals surface area contributed by atoms with E-state index in [2.05, 4.69) is 0 Å². The number of carboxylic acids is 1. The van der Waals surface area contributed by atoms with Crippen molar-refractivity contribution in [2.24, 2.45) is 0 Å². The highest BCUT2D eigenvalue weighted by Gasteiger charge is 2.41. The van der Waals surface area contributed by atoms with Crippen LogP contribution in [-0.2, 0) is 11.8 Å². The quantitative estimate of drug-likeness (QED) is 0.511. The molecule has 1 saturated carbocycles. The molecule has 1 fully saturated rings. The van der Waals surface area contributed by atoms with Gasteiger partial charge in [0, 0.05) is 5.56 Å². The Kier molecular flexibility index (Phi) is 5.18. The first-order valence-corrected chi connectivity index (χ1v) is 9.92. The number of halogens is 3. The number of hydrogen-bond donors (Lipinski definition) is 1. The van der Waals surface area contributed by atoms with Crippen LogP contribution in [0.15, 0.2) is 60.7 Å². The molecule has 0 aromatic heterocycles. The van der Waals surface area contributed by atoms with E-state index in [1.54, 1.807) is 0 Å². The fourth-order valence-electron chi connectivity index (χ4n) is 4.36. The maximum absolute atomic E-state index is 13.7. The second kappa shape index (κ2) is 7.67. The largest absolute Gasteiger partial charge is 0.482 e. The third-order valence-electron chi connectivity index (χ3n) is 5.78. The molecular formula is C24H21F3O3. The molecule has 0 bridgehead atoms. The van der Waals surface area contributed by atoms with Crippen molar-refractivity contribution in [3.63, 3.8) is 0 Å². The van der Waals surface area contributed by atoms with Crippen LogP contribution in [0.1, 0.15) is 53.6 Å². The first-order chi connectivity index (χ1) is 14.3. The smallest absolute Gasteiger partial charge is 0.419 e. The van der Waals surface area contributed by atoms with Crippen LogP contribution in [0.2, 0.25) is 0 Å². The van der Waals surface area contributed by atoms with Gasteiger partial charge in [-0.1, -0.05) is 48.9 Å². The lowest BCUT2D eigenvalue weighted by Gasteiger charge is -2.39. The normalized spacial score (nSPS) is 16.4. The highest BCUT2D eigenvalue weighted by molar-refractivity contribution is 5.88. The van der Waals surface area contributed by atoms with Crippen LogP contribution in [0, 0.1) is 0 Å². The van der Waals surface area contributed by atoms with E-state index in [1.807, 2.05) is 42.5 Å². The van der Waals surface area contributed by atoms with Crippen molar-refractivity contribution in [2.75, 3.05) is 0 Å². The predicted octanol–water partition coefficient (Wildman–Crippen LogP) is 6.80. The third kappa shape index (κ3) is 3.74. The zero-order valence-corrected chi connectivity index (χ0v) is 16.2. The summed E-state index contributed by atoms with van der Waals surface area (Å²) in [6.45, 7) is 0. The van der Waals surface area contributed by atoms with Crippen molar-refractivity contribution in [3.05, 3.63) is 77.4 Å². The highest BCUT2D eigenvalue weighted by Crippen LogP contribution is 2.46. The average molecular weight is 414 g/mol. The highest BCUT2D eigenvalue weighted by atomic mass is 19.4. The summed E-state index contributed by atoms with van der Waals surface area (Å²) in [5.74, 6) is -1.73. The van der Waals surface area contributed by atoms with E-state index in [4.69, 9.17) is 4.74 Å². The van der Waals surface area contributed by atoms with Crippen LogP contribution in [-0.4, -0.2) is 11.1 Å². The Morgan fingerprint density at radius 1 is 0.933 bits per heavy atom. The molecule has 0 amide bonds. The molecule has 3 aromatic carbocycles. The van der Waals surface area contributed by atoms with Gasteiger partial charge in [0.1, 0.15) is 11.4 Å². The summed E-state index contributed by atoms with van der Waals surface area (Å²) < 4.78 is 47.3. The van der Waals surface area contributed by atoms with Gasteiger partial charge < -0.3 is 9.84 Å². The van der Waals surface area contributed by atoms with E-state index >= 15 is 0 Å². The summed E-state index contributed by atoms with van der Waals surface area (Å²) in [5, 5.41) is 11.2. The zero-order valence-electron chi connectivity index (χ0n) is 16.2. The lowest BCUT2D eigenvalue weighted by Crippen LogP contribution is -2.36. The van der Waals surface area contributed by atoms with Crippen LogP contribution in [0.4, 0.5) is 13.2 Å². The van der Waals surface area contributed by atoms with Gasteiger partial charge in [-0.25, -0.2) is 4.79 Å². The maximum Gasteiger partial charge on any atom is 0.419 e. The lowest BCUT2D eigenvalue weighted by atomic mass is 9.77. The average Bonchev–Trinajstić information content (AvgIpc) is 2.73. The molecule has 1 aliphatic rings. The summed E-state index contributed by atoms with van der Waals surface area (Å²) in [7, 11) is 0. The van der Waals surface area contributed by atoms with Gasteiger partial charge in [0.15, 0.2) is 0 Å². The molecule has 0 spiro atoms. The first kappa shape index (κ1) is 20.3. The van der Waals surface area contributed by atoms with E-state index in [1.165, 1.54) is 0 Å². The number of fused-ring (bicyclic) bond motifs is 1. The minimum absolute atomic E-state index is 0.234. The van der Waals surface area contributed by atoms with Gasteiger partial charge in [-0.3, -0.25) is 0 Å². The van der Waals surface area contributed by atoms with Gasteiger partial charge in [0.2, 0.25) is 0 Å². The van der Waals surface area contributed by atoms with Crippen molar-refractivity contribution in [1.29, 1.82) is 0 Å². The van der Waals surface area contributed by atoms with Crippen molar-refractivity contribution < 1.29 is 27.8 Å². The van der Waals surface area contributed by atoms with Crippen molar-refractivity contribution >= 4 is 16.7 Å². The molecule has 6 heteroatoms. The summed E-state index contributed by atoms with van der Waals surface area (Å²) in [5.41, 5.74) is -1.30. The van der Waals surface area contributed by atoms with E-state index in [9.17, 15) is 23.1 Å². The Morgan fingerprint density at radius 2 is 1.63 bits per heavy atom. The van der Waals surface area contributed by atoms with Crippen molar-refractivity contribution in [3.8, 4) is 5.75 Å². The van der Waals surface area contributed by atoms with Crippen LogP contribution in [0.25, 0.3) is 10.8 Å². The Balaban J connectivity index is 1.89.